The zero-order chi connectivity index (χ0) is 19.3. The number of methoxy groups -OCH3 is 2. The molecular formula is C20H23NO5. The van der Waals surface area contributed by atoms with Gasteiger partial charge in [-0.2, -0.15) is 0 Å². The molecule has 1 amide bonds. The summed E-state index contributed by atoms with van der Waals surface area (Å²) in [5, 5.41) is 12.0. The molecule has 1 unspecified atom stereocenters. The molecule has 0 aliphatic carbocycles. The summed E-state index contributed by atoms with van der Waals surface area (Å²) in [5.74, 6) is -0.254. The highest BCUT2D eigenvalue weighted by Crippen LogP contribution is 2.28. The normalized spacial score (nSPS) is 11.5. The van der Waals surface area contributed by atoms with Crippen LogP contribution in [0.25, 0.3) is 0 Å². The first-order chi connectivity index (χ1) is 12.3. The van der Waals surface area contributed by atoms with E-state index in [0.29, 0.717) is 29.2 Å². The van der Waals surface area contributed by atoms with Gasteiger partial charge in [0.15, 0.2) is 11.5 Å². The lowest BCUT2D eigenvalue weighted by Crippen LogP contribution is -2.22. The summed E-state index contributed by atoms with van der Waals surface area (Å²) >= 11 is 0. The molecule has 2 N–H and O–H groups in total. The van der Waals surface area contributed by atoms with Crippen LogP contribution in [-0.4, -0.2) is 31.2 Å². The molecule has 0 bridgehead atoms. The number of nitrogens with one attached hydrogen (secondary N) is 1. The van der Waals surface area contributed by atoms with Crippen LogP contribution >= 0.6 is 0 Å². The van der Waals surface area contributed by atoms with E-state index in [1.54, 1.807) is 39.3 Å². The maximum absolute atomic E-state index is 12.4. The van der Waals surface area contributed by atoms with E-state index in [-0.39, 0.29) is 17.4 Å². The fourth-order valence-electron chi connectivity index (χ4n) is 2.65. The molecule has 0 aliphatic rings. The average molecular weight is 357 g/mol. The van der Waals surface area contributed by atoms with Gasteiger partial charge in [0.1, 0.15) is 0 Å². The number of ether oxygens (including phenoxy) is 2. The van der Waals surface area contributed by atoms with Crippen molar-refractivity contribution in [2.45, 2.75) is 20.3 Å². The Hall–Kier alpha value is -3.02. The number of carbonyl (C=O) groups excluding carboxylic acids is 1. The first-order valence-electron chi connectivity index (χ1n) is 8.21. The molecule has 0 saturated heterocycles. The Balaban J connectivity index is 2.08. The number of carboxylic acid groups (broad SMARTS) is 1. The van der Waals surface area contributed by atoms with Gasteiger partial charge in [0, 0.05) is 11.6 Å². The van der Waals surface area contributed by atoms with E-state index in [1.807, 2.05) is 19.1 Å². The predicted octanol–water partition coefficient (Wildman–Crippen LogP) is 3.53. The Morgan fingerprint density at radius 3 is 2.38 bits per heavy atom. The van der Waals surface area contributed by atoms with Crippen LogP contribution in [-0.2, 0) is 11.2 Å². The quantitative estimate of drug-likeness (QED) is 0.792. The number of amides is 1. The largest absolute Gasteiger partial charge is 0.493 e. The Labute approximate surface area is 152 Å². The molecule has 138 valence electrons. The SMILES string of the molecule is COc1ccc(CC(C)C(=O)Nc2ccc(C)c(C(=O)O)c2)cc1OC. The number of hydrogen-bond acceptors (Lipinski definition) is 4. The number of carbonyl (C=O) groups is 2. The molecule has 0 saturated carbocycles. The minimum absolute atomic E-state index is 0.176. The van der Waals surface area contributed by atoms with Gasteiger partial charge in [0.05, 0.1) is 19.8 Å². The summed E-state index contributed by atoms with van der Waals surface area (Å²) in [6, 6.07) is 10.4. The second-order valence-electron chi connectivity index (χ2n) is 6.12. The van der Waals surface area contributed by atoms with Crippen molar-refractivity contribution in [2.75, 3.05) is 19.5 Å². The molecule has 0 radical (unpaired) electrons. The summed E-state index contributed by atoms with van der Waals surface area (Å²) in [5.41, 5.74) is 2.24. The van der Waals surface area contributed by atoms with Crippen molar-refractivity contribution >= 4 is 17.6 Å². The number of aryl methyl sites for hydroxylation is 1. The number of anilines is 1. The van der Waals surface area contributed by atoms with Crippen LogP contribution < -0.4 is 14.8 Å². The highest BCUT2D eigenvalue weighted by atomic mass is 16.5. The molecule has 1 atom stereocenters. The van der Waals surface area contributed by atoms with Crippen LogP contribution in [0.3, 0.4) is 0 Å². The fourth-order valence-corrected chi connectivity index (χ4v) is 2.65. The number of benzene rings is 2. The predicted molar refractivity (Wildman–Crippen MR) is 99.2 cm³/mol. The molecular weight excluding hydrogens is 334 g/mol. The van der Waals surface area contributed by atoms with Crippen LogP contribution in [0.2, 0.25) is 0 Å². The third kappa shape index (κ3) is 4.53. The topological polar surface area (TPSA) is 84.9 Å². The molecule has 0 heterocycles. The fraction of sp³-hybridized carbons (Fsp3) is 0.300. The van der Waals surface area contributed by atoms with E-state index < -0.39 is 5.97 Å². The molecule has 0 aliphatic heterocycles. The second kappa shape index (κ2) is 8.38. The van der Waals surface area contributed by atoms with Crippen LogP contribution in [0.4, 0.5) is 5.69 Å². The lowest BCUT2D eigenvalue weighted by Gasteiger charge is -2.15. The Kier molecular flexibility index (Phi) is 6.22. The van der Waals surface area contributed by atoms with Gasteiger partial charge < -0.3 is 19.9 Å². The molecule has 2 aromatic carbocycles. The number of rotatable bonds is 7. The van der Waals surface area contributed by atoms with Crippen LogP contribution in [0, 0.1) is 12.8 Å². The highest BCUT2D eigenvalue weighted by molar-refractivity contribution is 5.95. The van der Waals surface area contributed by atoms with Gasteiger partial charge in [-0.1, -0.05) is 19.1 Å². The van der Waals surface area contributed by atoms with Gasteiger partial charge in [-0.25, -0.2) is 4.79 Å². The molecule has 6 nitrogen and oxygen atoms in total. The summed E-state index contributed by atoms with van der Waals surface area (Å²) in [6.45, 7) is 3.53. The third-order valence-electron chi connectivity index (χ3n) is 4.17. The van der Waals surface area contributed by atoms with Crippen molar-refractivity contribution in [1.82, 2.24) is 0 Å². The van der Waals surface area contributed by atoms with E-state index in [2.05, 4.69) is 5.32 Å². The molecule has 0 aromatic heterocycles. The molecule has 2 rings (SSSR count). The zero-order valence-electron chi connectivity index (χ0n) is 15.3. The minimum atomic E-state index is -1.02. The van der Waals surface area contributed by atoms with Crippen LogP contribution in [0.5, 0.6) is 11.5 Å². The Morgan fingerprint density at radius 2 is 1.77 bits per heavy atom. The monoisotopic (exact) mass is 357 g/mol. The molecule has 26 heavy (non-hydrogen) atoms. The Morgan fingerprint density at radius 1 is 1.08 bits per heavy atom. The van der Waals surface area contributed by atoms with Crippen molar-refractivity contribution in [2.24, 2.45) is 5.92 Å². The maximum atomic E-state index is 12.4. The summed E-state index contributed by atoms with van der Waals surface area (Å²) in [6.07, 6.45) is 0.518. The summed E-state index contributed by atoms with van der Waals surface area (Å²) < 4.78 is 10.5. The van der Waals surface area contributed by atoms with E-state index in [1.165, 1.54) is 6.07 Å². The first-order valence-corrected chi connectivity index (χ1v) is 8.21. The van der Waals surface area contributed by atoms with Crippen molar-refractivity contribution in [1.29, 1.82) is 0 Å². The van der Waals surface area contributed by atoms with Crippen molar-refractivity contribution in [3.05, 3.63) is 53.1 Å². The average Bonchev–Trinajstić information content (AvgIpc) is 2.62. The second-order valence-corrected chi connectivity index (χ2v) is 6.12. The standard InChI is InChI=1S/C20H23NO5/c1-12-5-7-15(11-16(12)20(23)24)21-19(22)13(2)9-14-6-8-17(25-3)18(10-14)26-4/h5-8,10-11,13H,9H2,1-4H3,(H,21,22)(H,23,24). The Bertz CT molecular complexity index is 816. The van der Waals surface area contributed by atoms with Gasteiger partial charge in [-0.3, -0.25) is 4.79 Å². The van der Waals surface area contributed by atoms with Gasteiger partial charge in [0.25, 0.3) is 0 Å². The van der Waals surface area contributed by atoms with Crippen molar-refractivity contribution in [3.63, 3.8) is 0 Å². The van der Waals surface area contributed by atoms with Gasteiger partial charge in [0.2, 0.25) is 5.91 Å². The van der Waals surface area contributed by atoms with Crippen LogP contribution in [0.15, 0.2) is 36.4 Å². The van der Waals surface area contributed by atoms with Crippen LogP contribution in [0.1, 0.15) is 28.4 Å². The van der Waals surface area contributed by atoms with Crippen molar-refractivity contribution in [3.8, 4) is 11.5 Å². The number of hydrogen-bond donors (Lipinski definition) is 2. The lowest BCUT2D eigenvalue weighted by atomic mass is 9.99. The molecule has 2 aromatic rings. The van der Waals surface area contributed by atoms with E-state index in [9.17, 15) is 14.7 Å². The van der Waals surface area contributed by atoms with E-state index in [0.717, 1.165) is 5.56 Å². The number of carboxylic acids is 1. The smallest absolute Gasteiger partial charge is 0.336 e. The highest BCUT2D eigenvalue weighted by Gasteiger charge is 2.16. The van der Waals surface area contributed by atoms with Gasteiger partial charge >= 0.3 is 5.97 Å². The van der Waals surface area contributed by atoms with Gasteiger partial charge in [-0.05, 0) is 48.7 Å². The summed E-state index contributed by atoms with van der Waals surface area (Å²) in [4.78, 5) is 23.7. The van der Waals surface area contributed by atoms with Gasteiger partial charge in [-0.15, -0.1) is 0 Å². The van der Waals surface area contributed by atoms with E-state index >= 15 is 0 Å². The molecule has 6 heteroatoms. The van der Waals surface area contributed by atoms with Crippen molar-refractivity contribution < 1.29 is 24.2 Å². The molecule has 0 spiro atoms. The van der Waals surface area contributed by atoms with E-state index in [4.69, 9.17) is 9.47 Å². The maximum Gasteiger partial charge on any atom is 0.336 e. The lowest BCUT2D eigenvalue weighted by molar-refractivity contribution is -0.119. The summed E-state index contributed by atoms with van der Waals surface area (Å²) in [7, 11) is 3.13. The third-order valence-corrected chi connectivity index (χ3v) is 4.17. The minimum Gasteiger partial charge on any atom is -0.493 e. The first kappa shape index (κ1) is 19.3. The number of aromatic carboxylic acids is 1. The molecule has 0 fully saturated rings. The zero-order valence-corrected chi connectivity index (χ0v) is 15.3.